The van der Waals surface area contributed by atoms with Gasteiger partial charge in [0, 0.05) is 62.5 Å². The van der Waals surface area contributed by atoms with E-state index in [1.807, 2.05) is 40.6 Å². The second kappa shape index (κ2) is 11.5. The number of hydrogen-bond acceptors (Lipinski definition) is 6. The predicted molar refractivity (Wildman–Crippen MR) is 154 cm³/mol. The smallest absolute Gasteiger partial charge is 0.351 e. The van der Waals surface area contributed by atoms with E-state index in [2.05, 4.69) is 4.90 Å². The fraction of sp³-hybridized carbons (Fsp3) is 0.433. The zero-order valence-electron chi connectivity index (χ0n) is 23.9. The Labute approximate surface area is 246 Å². The van der Waals surface area contributed by atoms with Crippen molar-refractivity contribution in [2.75, 3.05) is 26.2 Å². The molecule has 10 nitrogen and oxygen atoms in total. The molecule has 0 bridgehead atoms. The van der Waals surface area contributed by atoms with Gasteiger partial charge in [-0.05, 0) is 50.1 Å². The summed E-state index contributed by atoms with van der Waals surface area (Å²) < 4.78 is 45.0. The van der Waals surface area contributed by atoms with E-state index in [0.29, 0.717) is 30.8 Å². The molecule has 43 heavy (non-hydrogen) atoms. The number of alkyl halides is 3. The highest BCUT2D eigenvalue weighted by Gasteiger charge is 2.31. The monoisotopic (exact) mass is 597 g/mol. The van der Waals surface area contributed by atoms with Crippen molar-refractivity contribution in [1.82, 2.24) is 28.9 Å². The number of fused-ring (bicyclic) bond motifs is 2. The third-order valence-corrected chi connectivity index (χ3v) is 8.57. The molecule has 2 aromatic carbocycles. The summed E-state index contributed by atoms with van der Waals surface area (Å²) in [6.07, 6.45) is -2.18. The molecular formula is C30H34F3N7O3. The van der Waals surface area contributed by atoms with Gasteiger partial charge in [0.05, 0.1) is 28.8 Å². The molecule has 13 heteroatoms. The van der Waals surface area contributed by atoms with Crippen molar-refractivity contribution in [1.29, 1.82) is 0 Å². The number of carbonyl (C=O) groups is 1. The fourth-order valence-corrected chi connectivity index (χ4v) is 6.42. The Morgan fingerprint density at radius 1 is 1.02 bits per heavy atom. The maximum Gasteiger partial charge on any atom is 0.423 e. The van der Waals surface area contributed by atoms with E-state index in [0.717, 1.165) is 73.3 Å². The van der Waals surface area contributed by atoms with Crippen molar-refractivity contribution in [2.45, 2.75) is 51.0 Å². The van der Waals surface area contributed by atoms with Crippen LogP contribution in [0, 0.1) is 0 Å². The number of aromatic nitrogens is 4. The third-order valence-electron chi connectivity index (χ3n) is 8.57. The summed E-state index contributed by atoms with van der Waals surface area (Å²) >= 11 is 0. The Bertz CT molecular complexity index is 1680. The number of rotatable bonds is 7. The lowest BCUT2D eigenvalue weighted by molar-refractivity contribution is -0.137. The summed E-state index contributed by atoms with van der Waals surface area (Å²) in [5.41, 5.74) is 9.35. The van der Waals surface area contributed by atoms with Crippen LogP contribution in [0.4, 0.5) is 18.0 Å². The number of amides is 1. The molecule has 1 saturated heterocycles. The minimum Gasteiger partial charge on any atom is -0.351 e. The molecule has 2 aliphatic heterocycles. The van der Waals surface area contributed by atoms with Gasteiger partial charge in [-0.1, -0.05) is 24.3 Å². The van der Waals surface area contributed by atoms with E-state index >= 15 is 0 Å². The number of imidazole rings is 1. The zero-order chi connectivity index (χ0) is 30.3. The normalized spacial score (nSPS) is 16.9. The highest BCUT2D eigenvalue weighted by molar-refractivity contribution is 5.76. The molecule has 0 atom stereocenters. The number of para-hydroxylation sites is 2. The van der Waals surface area contributed by atoms with Gasteiger partial charge >= 0.3 is 18.0 Å². The van der Waals surface area contributed by atoms with E-state index in [4.69, 9.17) is 15.7 Å². The molecule has 4 aromatic rings. The van der Waals surface area contributed by atoms with Gasteiger partial charge in [0.2, 0.25) is 0 Å². The van der Waals surface area contributed by atoms with Crippen molar-refractivity contribution >= 4 is 17.1 Å². The SMILES string of the molecule is Cn1c(=O)n(C2CCN(CCCn3nc(-c4ccc(C(F)(F)F)cc4)c4c3CCN(OC(N)=O)C4)CC2)c2ccccc21. The molecule has 0 radical (unpaired) electrons. The van der Waals surface area contributed by atoms with Crippen LogP contribution in [0.5, 0.6) is 0 Å². The van der Waals surface area contributed by atoms with Gasteiger partial charge in [-0.25, -0.2) is 9.59 Å². The number of hydrogen-bond donors (Lipinski definition) is 1. The molecule has 6 rings (SSSR count). The summed E-state index contributed by atoms with van der Waals surface area (Å²) in [5, 5.41) is 6.28. The van der Waals surface area contributed by atoms with E-state index < -0.39 is 17.8 Å². The molecule has 4 heterocycles. The third kappa shape index (κ3) is 5.78. The lowest BCUT2D eigenvalue weighted by Gasteiger charge is -2.32. The molecule has 0 spiro atoms. The molecular weight excluding hydrogens is 563 g/mol. The van der Waals surface area contributed by atoms with Crippen molar-refractivity contribution in [3.8, 4) is 11.3 Å². The highest BCUT2D eigenvalue weighted by Crippen LogP contribution is 2.34. The van der Waals surface area contributed by atoms with Crippen LogP contribution in [0.3, 0.4) is 0 Å². The molecule has 0 saturated carbocycles. The predicted octanol–water partition coefficient (Wildman–Crippen LogP) is 4.32. The van der Waals surface area contributed by atoms with E-state index in [-0.39, 0.29) is 18.3 Å². The minimum absolute atomic E-state index is 0.0201. The number of hydroxylamine groups is 2. The Kier molecular flexibility index (Phi) is 7.77. The van der Waals surface area contributed by atoms with Crippen LogP contribution in [-0.2, 0) is 37.6 Å². The number of carbonyl (C=O) groups excluding carboxylic acids is 1. The summed E-state index contributed by atoms with van der Waals surface area (Å²) in [4.78, 5) is 31.8. The van der Waals surface area contributed by atoms with Crippen molar-refractivity contribution in [3.05, 3.63) is 75.8 Å². The topological polar surface area (TPSA) is 104 Å². The molecule has 0 aliphatic carbocycles. The van der Waals surface area contributed by atoms with Gasteiger partial charge in [-0.2, -0.15) is 18.3 Å². The van der Waals surface area contributed by atoms with Gasteiger partial charge in [-0.15, -0.1) is 5.06 Å². The number of benzene rings is 2. The number of aryl methyl sites for hydroxylation is 2. The first-order valence-electron chi connectivity index (χ1n) is 14.5. The number of halogens is 3. The maximum absolute atomic E-state index is 13.1. The molecule has 0 unspecified atom stereocenters. The number of likely N-dealkylation sites (tertiary alicyclic amines) is 1. The second-order valence-electron chi connectivity index (χ2n) is 11.2. The van der Waals surface area contributed by atoms with Crippen molar-refractivity contribution in [3.63, 3.8) is 0 Å². The standard InChI is InChI=1S/C30H34F3N7O3/c1-36-25-5-2-3-6-26(25)40(29(36)42)22-11-16-37(17-12-22)14-4-15-39-24-13-18-38(43-28(34)41)19-23(24)27(35-39)20-7-9-21(10-8-20)30(31,32)33/h2-3,5-10,22H,4,11-19H2,1H3,(H2,34,41). The molecule has 2 aliphatic rings. The number of nitrogens with two attached hydrogens (primary N) is 1. The van der Waals surface area contributed by atoms with Gasteiger partial charge in [0.1, 0.15) is 0 Å². The lowest BCUT2D eigenvalue weighted by atomic mass is 10.0. The summed E-state index contributed by atoms with van der Waals surface area (Å²) in [6.45, 7) is 3.95. The first kappa shape index (κ1) is 29.0. The molecule has 2 aromatic heterocycles. The van der Waals surface area contributed by atoms with Crippen LogP contribution in [0.1, 0.15) is 42.1 Å². The lowest BCUT2D eigenvalue weighted by Crippen LogP contribution is -2.38. The Balaban J connectivity index is 1.13. The maximum atomic E-state index is 13.1. The average Bonchev–Trinajstić information content (AvgIpc) is 3.47. The average molecular weight is 598 g/mol. The summed E-state index contributed by atoms with van der Waals surface area (Å²) in [6, 6.07) is 13.0. The van der Waals surface area contributed by atoms with Gasteiger partial charge in [0.15, 0.2) is 0 Å². The Hall–Kier alpha value is -4.10. The number of piperidine rings is 1. The zero-order valence-corrected chi connectivity index (χ0v) is 23.9. The van der Waals surface area contributed by atoms with E-state index in [9.17, 15) is 22.8 Å². The first-order valence-corrected chi connectivity index (χ1v) is 14.5. The van der Waals surface area contributed by atoms with Crippen LogP contribution >= 0.6 is 0 Å². The Morgan fingerprint density at radius 3 is 2.40 bits per heavy atom. The first-order chi connectivity index (χ1) is 20.6. The van der Waals surface area contributed by atoms with Gasteiger partial charge in [-0.3, -0.25) is 13.8 Å². The molecule has 1 amide bonds. The van der Waals surface area contributed by atoms with Gasteiger partial charge < -0.3 is 15.5 Å². The quantitative estimate of drug-likeness (QED) is 0.341. The van der Waals surface area contributed by atoms with Crippen molar-refractivity contribution < 1.29 is 22.8 Å². The molecule has 228 valence electrons. The summed E-state index contributed by atoms with van der Waals surface area (Å²) in [7, 11) is 1.82. The number of nitrogens with zero attached hydrogens (tertiary/aromatic N) is 6. The van der Waals surface area contributed by atoms with Crippen LogP contribution in [0.2, 0.25) is 0 Å². The minimum atomic E-state index is -4.43. The highest BCUT2D eigenvalue weighted by atomic mass is 19.4. The van der Waals surface area contributed by atoms with Crippen LogP contribution < -0.4 is 11.4 Å². The fourth-order valence-electron chi connectivity index (χ4n) is 6.42. The van der Waals surface area contributed by atoms with Crippen LogP contribution in [0.15, 0.2) is 53.3 Å². The largest absolute Gasteiger partial charge is 0.423 e. The van der Waals surface area contributed by atoms with Gasteiger partial charge in [0.25, 0.3) is 0 Å². The van der Waals surface area contributed by atoms with E-state index in [1.54, 1.807) is 4.57 Å². The number of primary amides is 1. The van der Waals surface area contributed by atoms with E-state index in [1.165, 1.54) is 17.2 Å². The van der Waals surface area contributed by atoms with Crippen LogP contribution in [0.25, 0.3) is 22.3 Å². The molecule has 1 fully saturated rings. The molecule has 2 N–H and O–H groups in total. The van der Waals surface area contributed by atoms with Crippen molar-refractivity contribution in [2.24, 2.45) is 12.8 Å². The van der Waals surface area contributed by atoms with Crippen LogP contribution in [-0.4, -0.2) is 61.2 Å². The summed E-state index contributed by atoms with van der Waals surface area (Å²) in [5.74, 6) is 0. The Morgan fingerprint density at radius 2 is 1.72 bits per heavy atom. The second-order valence-corrected chi connectivity index (χ2v) is 11.2.